The second kappa shape index (κ2) is 17.0. The first kappa shape index (κ1) is 40.6. The zero-order valence-corrected chi connectivity index (χ0v) is 36.4. The molecule has 320 valence electrons. The van der Waals surface area contributed by atoms with E-state index in [0.717, 1.165) is 108 Å². The van der Waals surface area contributed by atoms with Crippen LogP contribution in [-0.4, -0.2) is 80.6 Å². The van der Waals surface area contributed by atoms with Crippen molar-refractivity contribution in [3.63, 3.8) is 0 Å². The van der Waals surface area contributed by atoms with Crippen molar-refractivity contribution in [1.29, 1.82) is 5.26 Å². The molecule has 2 unspecified atom stereocenters. The average Bonchev–Trinajstić information content (AvgIpc) is 4.08. The number of carboxylic acid groups (broad SMARTS) is 1. The third kappa shape index (κ3) is 7.71. The molecule has 4 aromatic heterocycles. The highest BCUT2D eigenvalue weighted by atomic mass is 32.1. The molecule has 2 atom stereocenters. The monoisotopic (exact) mass is 880 g/mol. The highest BCUT2D eigenvalue weighted by Crippen LogP contribution is 2.44. The summed E-state index contributed by atoms with van der Waals surface area (Å²) >= 11 is 3.23. The van der Waals surface area contributed by atoms with Crippen molar-refractivity contribution in [3.8, 4) is 17.6 Å². The summed E-state index contributed by atoms with van der Waals surface area (Å²) in [6.45, 7) is 7.57. The number of carboxylic acids is 1. The summed E-state index contributed by atoms with van der Waals surface area (Å²) in [6, 6.07) is 10.4. The van der Waals surface area contributed by atoms with Gasteiger partial charge in [0, 0.05) is 41.2 Å². The van der Waals surface area contributed by atoms with Gasteiger partial charge in [0.2, 0.25) is 5.91 Å². The molecule has 2 aliphatic carbocycles. The number of nitriles is 1. The Balaban J connectivity index is 0.000000152. The number of aliphatic carboxylic acids is 1. The fourth-order valence-corrected chi connectivity index (χ4v) is 11.6. The van der Waals surface area contributed by atoms with Crippen molar-refractivity contribution in [1.82, 2.24) is 24.8 Å². The molecule has 15 nitrogen and oxygen atoms in total. The fourth-order valence-electron chi connectivity index (χ4n) is 9.11. The number of thiophene rings is 2. The first-order valence-electron chi connectivity index (χ1n) is 21.3. The minimum Gasteiger partial charge on any atom is -0.492 e. The molecule has 17 heteroatoms. The smallest absolute Gasteiger partial charge is 0.306 e. The highest BCUT2D eigenvalue weighted by Gasteiger charge is 2.37. The number of nitrogens with one attached hydrogen (secondary N) is 2. The summed E-state index contributed by atoms with van der Waals surface area (Å²) in [5.41, 5.74) is 8.61. The van der Waals surface area contributed by atoms with Crippen LogP contribution in [-0.2, 0) is 48.4 Å². The molecule has 3 aliphatic heterocycles. The number of fused-ring (bicyclic) bond motifs is 8. The summed E-state index contributed by atoms with van der Waals surface area (Å²) in [6.07, 6.45) is 11.2. The largest absolute Gasteiger partial charge is 0.492 e. The molecular weight excluding hydrogens is 837 g/mol. The van der Waals surface area contributed by atoms with Crippen LogP contribution < -0.4 is 20.1 Å². The van der Waals surface area contributed by atoms with Gasteiger partial charge < -0.3 is 30.1 Å². The van der Waals surface area contributed by atoms with Crippen LogP contribution in [0.4, 0.5) is 23.0 Å². The van der Waals surface area contributed by atoms with Crippen LogP contribution in [0.25, 0.3) is 20.4 Å². The molecule has 2 aromatic carbocycles. The van der Waals surface area contributed by atoms with Gasteiger partial charge in [0.05, 0.1) is 66.4 Å². The molecule has 0 spiro atoms. The number of aryl methyl sites for hydroxylation is 2. The molecular formula is C46H44N10O5S2. The molecule has 0 radical (unpaired) electrons. The molecule has 63 heavy (non-hydrogen) atoms. The number of carbonyl (C=O) groups is 2. The van der Waals surface area contributed by atoms with Gasteiger partial charge in [-0.3, -0.25) is 19.6 Å². The Labute approximate surface area is 371 Å². The molecule has 6 aromatic rings. The Morgan fingerprint density at radius 2 is 1.29 bits per heavy atom. The molecule has 11 rings (SSSR count). The van der Waals surface area contributed by atoms with Gasteiger partial charge >= 0.3 is 5.97 Å². The topological polar surface area (TPSA) is 200 Å². The van der Waals surface area contributed by atoms with Gasteiger partial charge in [0.25, 0.3) is 0 Å². The van der Waals surface area contributed by atoms with Gasteiger partial charge in [0.1, 0.15) is 45.5 Å². The van der Waals surface area contributed by atoms with Crippen LogP contribution in [0.1, 0.15) is 69.8 Å². The van der Waals surface area contributed by atoms with Crippen molar-refractivity contribution >= 4 is 90.4 Å². The first-order valence-corrected chi connectivity index (χ1v) is 23.0. The maximum atomic E-state index is 12.9. The lowest BCUT2D eigenvalue weighted by atomic mass is 9.85. The van der Waals surface area contributed by atoms with Gasteiger partial charge in [-0.1, -0.05) is 0 Å². The molecule has 1 amide bonds. The number of ether oxygens (including phenoxy) is 2. The van der Waals surface area contributed by atoms with Gasteiger partial charge in [-0.05, 0) is 110 Å². The van der Waals surface area contributed by atoms with E-state index in [4.69, 9.17) is 14.7 Å². The second-order valence-electron chi connectivity index (χ2n) is 16.2. The number of hydrogen-bond acceptors (Lipinski definition) is 15. The number of aliphatic imine (C=N–C) groups is 2. The van der Waals surface area contributed by atoms with Crippen LogP contribution >= 0.6 is 22.7 Å². The number of aromatic nitrogens is 4. The van der Waals surface area contributed by atoms with Gasteiger partial charge in [-0.25, -0.2) is 19.9 Å². The summed E-state index contributed by atoms with van der Waals surface area (Å²) in [5.74, 6) is 2.17. The maximum Gasteiger partial charge on any atom is 0.306 e. The molecule has 1 saturated heterocycles. The summed E-state index contributed by atoms with van der Waals surface area (Å²) in [5, 5.41) is 27.4. The quantitative estimate of drug-likeness (QED) is 0.121. The summed E-state index contributed by atoms with van der Waals surface area (Å²) in [7, 11) is 0. The van der Waals surface area contributed by atoms with Crippen molar-refractivity contribution < 1.29 is 24.2 Å². The van der Waals surface area contributed by atoms with Crippen molar-refractivity contribution in [2.75, 3.05) is 36.9 Å². The lowest BCUT2D eigenvalue weighted by Gasteiger charge is -2.38. The van der Waals surface area contributed by atoms with Gasteiger partial charge in [-0.2, -0.15) is 5.26 Å². The van der Waals surface area contributed by atoms with Crippen molar-refractivity contribution in [2.24, 2.45) is 27.7 Å². The lowest BCUT2D eigenvalue weighted by molar-refractivity contribution is -0.142. The molecule has 0 bridgehead atoms. The molecule has 3 N–H and O–H groups in total. The number of hydrogen-bond donors (Lipinski definition) is 3. The predicted octanol–water partition coefficient (Wildman–Crippen LogP) is 7.81. The van der Waals surface area contributed by atoms with E-state index in [1.807, 2.05) is 43.3 Å². The predicted molar refractivity (Wildman–Crippen MR) is 244 cm³/mol. The Hall–Kier alpha value is -6.51. The SMILES string of the molecule is CCOc1cc2c(cc1Nc1ncnc3sc4c(c13)CCC(C(=O)N1CC(C#N)C1)C4)C=NC2.CCOc1cc2c(cc1Nc1ncnc3sc4c(c13)CCC(C(=O)O)C4)C=NC2. The van der Waals surface area contributed by atoms with Gasteiger partial charge in [0.15, 0.2) is 0 Å². The normalized spacial score (nSPS) is 18.1. The first-order chi connectivity index (χ1) is 30.8. The van der Waals surface area contributed by atoms with Crippen LogP contribution in [0, 0.1) is 29.1 Å². The number of amides is 1. The van der Waals surface area contributed by atoms with Gasteiger partial charge in [-0.15, -0.1) is 22.7 Å². The van der Waals surface area contributed by atoms with Crippen molar-refractivity contribution in [3.05, 3.63) is 80.1 Å². The molecule has 0 saturated carbocycles. The van der Waals surface area contributed by atoms with E-state index < -0.39 is 5.97 Å². The number of anilines is 4. The minimum absolute atomic E-state index is 0.0107. The van der Waals surface area contributed by atoms with E-state index >= 15 is 0 Å². The zero-order valence-electron chi connectivity index (χ0n) is 34.8. The number of rotatable bonds is 10. The highest BCUT2D eigenvalue weighted by molar-refractivity contribution is 7.19. The summed E-state index contributed by atoms with van der Waals surface area (Å²) in [4.78, 5) is 57.1. The van der Waals surface area contributed by atoms with E-state index in [1.165, 1.54) is 16.0 Å². The third-order valence-corrected chi connectivity index (χ3v) is 14.7. The van der Waals surface area contributed by atoms with Crippen LogP contribution in [0.3, 0.4) is 0 Å². The van der Waals surface area contributed by atoms with Crippen LogP contribution in [0.2, 0.25) is 0 Å². The zero-order chi connectivity index (χ0) is 43.2. The lowest BCUT2D eigenvalue weighted by Crippen LogP contribution is -2.52. The Bertz CT molecular complexity index is 2910. The Morgan fingerprint density at radius 3 is 1.78 bits per heavy atom. The minimum atomic E-state index is -0.723. The standard InChI is InChI=1S/C25H24N6O2S.C21H20N4O3S/c1-2-33-20-6-17-10-27-9-16(17)5-19(20)30-23-22-18-4-3-15(25(32)31-11-14(8-26)12-31)7-21(18)34-24(22)29-13-28-23;1-2-28-16-6-13-9-22-8-12(13)5-15(16)25-19-18-14-4-3-11(21(26)27)7-17(14)29-20(18)24-10-23-19/h5-6,9,13-15H,2-4,7,10-12H2,1H3,(H,28,29,30);5-6,8,10-11H,2-4,7,9H2,1H3,(H,26,27)(H,23,24,25). The number of carbonyl (C=O) groups excluding carboxylic acids is 1. The molecule has 1 fully saturated rings. The Morgan fingerprint density at radius 1 is 0.778 bits per heavy atom. The molecule has 7 heterocycles. The van der Waals surface area contributed by atoms with Crippen molar-refractivity contribution in [2.45, 2.75) is 65.5 Å². The van der Waals surface area contributed by atoms with Crippen LogP contribution in [0.15, 0.2) is 46.9 Å². The number of likely N-dealkylation sites (tertiary alicyclic amines) is 1. The summed E-state index contributed by atoms with van der Waals surface area (Å²) < 4.78 is 11.8. The third-order valence-electron chi connectivity index (χ3n) is 12.3. The maximum absolute atomic E-state index is 12.9. The van der Waals surface area contributed by atoms with Crippen LogP contribution in [0.5, 0.6) is 11.5 Å². The molecule has 5 aliphatic rings. The van der Waals surface area contributed by atoms with E-state index in [2.05, 4.69) is 58.8 Å². The van der Waals surface area contributed by atoms with E-state index in [9.17, 15) is 14.7 Å². The number of benzene rings is 2. The number of nitrogens with zero attached hydrogens (tertiary/aromatic N) is 8. The Kier molecular flexibility index (Phi) is 10.9. The van der Waals surface area contributed by atoms with E-state index in [-0.39, 0.29) is 23.7 Å². The van der Waals surface area contributed by atoms with E-state index in [0.29, 0.717) is 52.2 Å². The second-order valence-corrected chi connectivity index (χ2v) is 18.4. The average molecular weight is 881 g/mol. The van der Waals surface area contributed by atoms with E-state index in [1.54, 1.807) is 35.3 Å². The fraction of sp³-hybridized carbons (Fsp3) is 0.370.